The van der Waals surface area contributed by atoms with Gasteiger partial charge < -0.3 is 34.6 Å². The average molecular weight is 665 g/mol. The molecule has 2 unspecified atom stereocenters. The molecule has 2 amide bonds. The highest BCUT2D eigenvalue weighted by Crippen LogP contribution is 2.50. The fourth-order valence-corrected chi connectivity index (χ4v) is 5.57. The van der Waals surface area contributed by atoms with Gasteiger partial charge in [-0.05, 0) is 70.9 Å². The molecule has 0 fully saturated rings. The van der Waals surface area contributed by atoms with Crippen molar-refractivity contribution in [2.45, 2.75) is 87.2 Å². The summed E-state index contributed by atoms with van der Waals surface area (Å²) < 4.78 is 22.5. The van der Waals surface area contributed by atoms with E-state index in [1.807, 2.05) is 27.7 Å². The molecule has 2 heterocycles. The van der Waals surface area contributed by atoms with E-state index >= 15 is 0 Å². The van der Waals surface area contributed by atoms with E-state index in [0.717, 1.165) is 0 Å². The quantitative estimate of drug-likeness (QED) is 0.166. The minimum absolute atomic E-state index is 0.0169. The van der Waals surface area contributed by atoms with Gasteiger partial charge in [-0.15, -0.1) is 0 Å². The first-order valence-corrected chi connectivity index (χ1v) is 16.2. The Morgan fingerprint density at radius 1 is 0.833 bits per heavy atom. The number of rotatable bonds is 12. The lowest BCUT2D eigenvalue weighted by atomic mass is 9.98. The number of aromatic nitrogens is 1. The number of fused-ring (bicyclic) bond motifs is 3. The van der Waals surface area contributed by atoms with E-state index in [2.05, 4.69) is 20.9 Å². The lowest BCUT2D eigenvalue weighted by Crippen LogP contribution is -2.43. The van der Waals surface area contributed by atoms with Crippen molar-refractivity contribution in [2.75, 3.05) is 18.5 Å². The number of amides is 2. The predicted octanol–water partition coefficient (Wildman–Crippen LogP) is 5.38. The molecule has 2 aromatic carbocycles. The van der Waals surface area contributed by atoms with E-state index in [4.69, 9.17) is 18.6 Å². The van der Waals surface area contributed by atoms with Gasteiger partial charge in [0.25, 0.3) is 11.8 Å². The fourth-order valence-electron chi connectivity index (χ4n) is 5.57. The molecule has 1 aliphatic rings. The lowest BCUT2D eigenvalue weighted by molar-refractivity contribution is -0.146. The van der Waals surface area contributed by atoms with Gasteiger partial charge in [-0.25, -0.2) is 19.4 Å². The Bertz CT molecular complexity index is 1810. The Morgan fingerprint density at radius 3 is 1.94 bits per heavy atom. The zero-order chi connectivity index (χ0) is 35.4. The third-order valence-electron chi connectivity index (χ3n) is 7.83. The molecule has 0 bridgehead atoms. The molecule has 2 atom stereocenters. The van der Waals surface area contributed by atoms with Gasteiger partial charge >= 0.3 is 17.6 Å². The van der Waals surface area contributed by atoms with E-state index in [-0.39, 0.29) is 70.1 Å². The van der Waals surface area contributed by atoms with Gasteiger partial charge in [0.2, 0.25) is 0 Å². The second-order valence-corrected chi connectivity index (χ2v) is 12.6. The maximum absolute atomic E-state index is 14.2. The molecule has 1 aromatic heterocycles. The molecule has 0 spiro atoms. The summed E-state index contributed by atoms with van der Waals surface area (Å²) in [5.74, 6) is -1.81. The minimum Gasteiger partial charge on any atom is -0.464 e. The van der Waals surface area contributed by atoms with Gasteiger partial charge in [0.15, 0.2) is 17.1 Å². The van der Waals surface area contributed by atoms with Gasteiger partial charge in [0.1, 0.15) is 23.3 Å². The molecule has 13 heteroatoms. The fraction of sp³-hybridized carbons (Fsp3) is 0.486. The van der Waals surface area contributed by atoms with E-state index in [9.17, 15) is 24.0 Å². The summed E-state index contributed by atoms with van der Waals surface area (Å²) in [4.78, 5) is 70.7. The van der Waals surface area contributed by atoms with E-state index in [0.29, 0.717) is 29.7 Å². The largest absolute Gasteiger partial charge is 0.464 e. The maximum Gasteiger partial charge on any atom is 0.357 e. The molecule has 0 aliphatic carbocycles. The van der Waals surface area contributed by atoms with Gasteiger partial charge in [-0.2, -0.15) is 0 Å². The van der Waals surface area contributed by atoms with Crippen molar-refractivity contribution in [3.8, 4) is 11.5 Å². The van der Waals surface area contributed by atoms with Crippen molar-refractivity contribution in [1.29, 1.82) is 0 Å². The van der Waals surface area contributed by atoms with E-state index in [1.54, 1.807) is 39.8 Å². The second-order valence-electron chi connectivity index (χ2n) is 12.6. The Labute approximate surface area is 279 Å². The number of benzene rings is 2. The number of hydrogen-bond donors (Lipinski definition) is 3. The third-order valence-corrected chi connectivity index (χ3v) is 7.83. The predicted molar refractivity (Wildman–Crippen MR) is 179 cm³/mol. The summed E-state index contributed by atoms with van der Waals surface area (Å²) >= 11 is 0. The number of nitrogens with zero attached hydrogens (tertiary/aromatic N) is 1. The summed E-state index contributed by atoms with van der Waals surface area (Å²) in [5.41, 5.74) is 0.976. The first-order valence-electron chi connectivity index (χ1n) is 16.2. The summed E-state index contributed by atoms with van der Waals surface area (Å²) in [7, 11) is 0. The van der Waals surface area contributed by atoms with Crippen molar-refractivity contribution in [1.82, 2.24) is 15.6 Å². The number of hydrogen-bond acceptors (Lipinski definition) is 11. The number of carbonyl (C=O) groups excluding carboxylic acids is 4. The van der Waals surface area contributed by atoms with Crippen LogP contribution in [0.5, 0.6) is 11.5 Å². The number of aryl methyl sites for hydroxylation is 3. The Hall–Kier alpha value is -4.94. The number of anilines is 2. The van der Waals surface area contributed by atoms with Crippen molar-refractivity contribution >= 4 is 46.2 Å². The first-order chi connectivity index (χ1) is 22.7. The smallest absolute Gasteiger partial charge is 0.357 e. The summed E-state index contributed by atoms with van der Waals surface area (Å²) in [6.07, 6.45) is 0.654. The van der Waals surface area contributed by atoms with Crippen molar-refractivity contribution in [2.24, 2.45) is 11.8 Å². The number of esters is 2. The van der Waals surface area contributed by atoms with Crippen molar-refractivity contribution in [3.05, 3.63) is 50.5 Å². The molecule has 1 aliphatic heterocycles. The summed E-state index contributed by atoms with van der Waals surface area (Å²) in [6, 6.07) is 1.42. The van der Waals surface area contributed by atoms with Crippen LogP contribution in [0.3, 0.4) is 0 Å². The number of carbonyl (C=O) groups is 4. The van der Waals surface area contributed by atoms with Gasteiger partial charge in [0.05, 0.1) is 35.7 Å². The lowest BCUT2D eigenvalue weighted by Gasteiger charge is -2.29. The van der Waals surface area contributed by atoms with Crippen LogP contribution in [-0.4, -0.2) is 54.0 Å². The third kappa shape index (κ3) is 7.45. The summed E-state index contributed by atoms with van der Waals surface area (Å²) in [5, 5.41) is 8.83. The van der Waals surface area contributed by atoms with Crippen LogP contribution >= 0.6 is 0 Å². The SMILES string of the molecule is CCOC(=O)C(CC(C)C)NC(=O)c1ccc(C)c2c1Nc1c(c(C)c3oc(=O)c(C)nc3c1C(=O)NC(CC(C)C)C(=O)OCC)O2. The maximum atomic E-state index is 14.2. The molecule has 3 N–H and O–H groups in total. The topological polar surface area (TPSA) is 175 Å². The summed E-state index contributed by atoms with van der Waals surface area (Å²) in [6.45, 7) is 16.3. The van der Waals surface area contributed by atoms with Crippen LogP contribution < -0.4 is 26.3 Å². The molecule has 48 heavy (non-hydrogen) atoms. The van der Waals surface area contributed by atoms with Crippen LogP contribution in [0.2, 0.25) is 0 Å². The molecule has 0 saturated heterocycles. The average Bonchev–Trinajstić information content (AvgIpc) is 3.01. The van der Waals surface area contributed by atoms with Crippen LogP contribution in [-0.2, 0) is 19.1 Å². The number of nitrogens with one attached hydrogen (secondary N) is 3. The molecule has 0 radical (unpaired) electrons. The zero-order valence-corrected chi connectivity index (χ0v) is 28.9. The van der Waals surface area contributed by atoms with Gasteiger partial charge in [-0.3, -0.25) is 9.59 Å². The molecular formula is C35H44N4O9. The highest BCUT2D eigenvalue weighted by atomic mass is 16.5. The van der Waals surface area contributed by atoms with Crippen LogP contribution in [0.25, 0.3) is 11.1 Å². The standard InChI is InChI=1S/C35H44N4O9/c1-10-45-34(43)22(14-16(3)4)37-31(40)21-13-12-18(7)28-25(21)39-27-24(32(41)38-23(15-17(5)6)35(44)46-11-2)26-30(19(8)29(27)47-28)48-33(42)20(9)36-26/h12-13,16-17,22-23,39H,10-11,14-15H2,1-9H3,(H,37,40)(H,38,41). The minimum atomic E-state index is -0.984. The van der Waals surface area contributed by atoms with Crippen LogP contribution in [0.15, 0.2) is 21.3 Å². The van der Waals surface area contributed by atoms with E-state index < -0.39 is 41.5 Å². The zero-order valence-electron chi connectivity index (χ0n) is 28.9. The second kappa shape index (κ2) is 14.9. The molecule has 13 nitrogen and oxygen atoms in total. The molecular weight excluding hydrogens is 620 g/mol. The van der Waals surface area contributed by atoms with Crippen LogP contribution in [0.1, 0.15) is 91.9 Å². The first kappa shape index (κ1) is 35.9. The Kier molecular flexibility index (Phi) is 11.1. The normalized spacial score (nSPS) is 13.1. The Balaban J connectivity index is 1.88. The van der Waals surface area contributed by atoms with E-state index in [1.165, 1.54) is 6.92 Å². The Morgan fingerprint density at radius 2 is 1.40 bits per heavy atom. The van der Waals surface area contributed by atoms with Crippen molar-refractivity contribution < 1.29 is 37.8 Å². The van der Waals surface area contributed by atoms with Crippen molar-refractivity contribution in [3.63, 3.8) is 0 Å². The van der Waals surface area contributed by atoms with Crippen LogP contribution in [0, 0.1) is 32.6 Å². The van der Waals surface area contributed by atoms with Gasteiger partial charge in [0, 0.05) is 5.56 Å². The number of ether oxygens (including phenoxy) is 3. The highest BCUT2D eigenvalue weighted by Gasteiger charge is 2.35. The molecule has 4 rings (SSSR count). The monoisotopic (exact) mass is 664 g/mol. The molecule has 3 aromatic rings. The van der Waals surface area contributed by atoms with Crippen LogP contribution in [0.4, 0.5) is 11.4 Å². The van der Waals surface area contributed by atoms with Gasteiger partial charge in [-0.1, -0.05) is 33.8 Å². The molecule has 0 saturated carbocycles. The molecule has 258 valence electrons. The highest BCUT2D eigenvalue weighted by molar-refractivity contribution is 6.15.